The van der Waals surface area contributed by atoms with Crippen LogP contribution in [0.2, 0.25) is 0 Å². The van der Waals surface area contributed by atoms with Gasteiger partial charge in [-0.25, -0.2) is 0 Å². The van der Waals surface area contributed by atoms with Crippen LogP contribution in [0.25, 0.3) is 0 Å². The number of carbonyl (C=O) groups excluding carboxylic acids is 1. The number of anilines is 2. The van der Waals surface area contributed by atoms with E-state index in [0.29, 0.717) is 31.1 Å². The van der Waals surface area contributed by atoms with Crippen molar-refractivity contribution in [3.8, 4) is 0 Å². The zero-order valence-corrected chi connectivity index (χ0v) is 17.0. The zero-order valence-electron chi connectivity index (χ0n) is 17.0. The van der Waals surface area contributed by atoms with Crippen LogP contribution in [0.3, 0.4) is 0 Å². The molecule has 0 spiro atoms. The number of Topliss-reactive ketones (excluding diaryl/α,β-unsaturated/α-hetero) is 1. The molecule has 0 bridgehead atoms. The summed E-state index contributed by atoms with van der Waals surface area (Å²) in [7, 11) is 0. The Morgan fingerprint density at radius 2 is 1.97 bits per heavy atom. The number of halogens is 3. The second kappa shape index (κ2) is 8.33. The average molecular weight is 436 g/mol. The SMILES string of the molecule is CC1COCCN1c1cc(=O)n2c(n1)N(CC(=O)c1ccccc1)C(C(F)(F)F)CC2. The van der Waals surface area contributed by atoms with Crippen molar-refractivity contribution in [1.82, 2.24) is 9.55 Å². The number of fused-ring (bicyclic) bond motifs is 1. The van der Waals surface area contributed by atoms with Gasteiger partial charge in [-0.05, 0) is 13.3 Å². The molecule has 1 aromatic heterocycles. The van der Waals surface area contributed by atoms with Gasteiger partial charge >= 0.3 is 6.18 Å². The van der Waals surface area contributed by atoms with Crippen LogP contribution in [-0.4, -0.2) is 59.9 Å². The Hall–Kier alpha value is -2.88. The summed E-state index contributed by atoms with van der Waals surface area (Å²) >= 11 is 0. The standard InChI is InChI=1S/C21H23F3N4O3/c1-14-13-31-10-9-26(14)18-11-19(30)27-8-7-17(21(22,23)24)28(20(27)25-18)12-16(29)15-5-3-2-4-6-15/h2-6,11,14,17H,7-10,12-13H2,1H3. The molecule has 2 aliphatic heterocycles. The van der Waals surface area contributed by atoms with E-state index in [1.54, 1.807) is 30.3 Å². The third-order valence-corrected chi connectivity index (χ3v) is 5.68. The molecule has 0 radical (unpaired) electrons. The summed E-state index contributed by atoms with van der Waals surface area (Å²) in [4.78, 5) is 32.8. The summed E-state index contributed by atoms with van der Waals surface area (Å²) in [6, 6.07) is 7.51. The first kappa shape index (κ1) is 21.4. The van der Waals surface area contributed by atoms with Gasteiger partial charge in [-0.2, -0.15) is 18.2 Å². The van der Waals surface area contributed by atoms with Gasteiger partial charge in [-0.15, -0.1) is 0 Å². The van der Waals surface area contributed by atoms with Gasteiger partial charge in [0.25, 0.3) is 5.56 Å². The summed E-state index contributed by atoms with van der Waals surface area (Å²) < 4.78 is 48.2. The van der Waals surface area contributed by atoms with E-state index in [4.69, 9.17) is 4.74 Å². The van der Waals surface area contributed by atoms with Gasteiger partial charge in [0, 0.05) is 24.7 Å². The van der Waals surface area contributed by atoms with Gasteiger partial charge in [-0.3, -0.25) is 14.2 Å². The number of alkyl halides is 3. The molecule has 0 amide bonds. The Balaban J connectivity index is 1.76. The highest BCUT2D eigenvalue weighted by Crippen LogP contribution is 2.34. The molecular weight excluding hydrogens is 413 g/mol. The maximum Gasteiger partial charge on any atom is 0.408 e. The van der Waals surface area contributed by atoms with E-state index in [-0.39, 0.29) is 25.0 Å². The van der Waals surface area contributed by atoms with Gasteiger partial charge in [0.1, 0.15) is 11.9 Å². The Kier molecular flexibility index (Phi) is 5.74. The number of ketones is 1. The molecule has 2 unspecified atom stereocenters. The maximum atomic E-state index is 13.9. The van der Waals surface area contributed by atoms with E-state index in [0.717, 1.165) is 4.90 Å². The number of morpholine rings is 1. The number of rotatable bonds is 4. The van der Waals surface area contributed by atoms with E-state index in [9.17, 15) is 22.8 Å². The van der Waals surface area contributed by atoms with E-state index >= 15 is 0 Å². The summed E-state index contributed by atoms with van der Waals surface area (Å²) in [5.41, 5.74) is -0.127. The molecule has 2 aliphatic rings. The quantitative estimate of drug-likeness (QED) is 0.687. The lowest BCUT2D eigenvalue weighted by Crippen LogP contribution is -2.54. The van der Waals surface area contributed by atoms with Gasteiger partial charge in [0.15, 0.2) is 5.78 Å². The predicted molar refractivity (Wildman–Crippen MR) is 109 cm³/mol. The van der Waals surface area contributed by atoms with Crippen molar-refractivity contribution < 1.29 is 22.7 Å². The lowest BCUT2D eigenvalue weighted by atomic mass is 10.1. The Morgan fingerprint density at radius 1 is 1.23 bits per heavy atom. The second-order valence-electron chi connectivity index (χ2n) is 7.78. The molecule has 4 rings (SSSR count). The van der Waals surface area contributed by atoms with Crippen molar-refractivity contribution in [1.29, 1.82) is 0 Å². The Morgan fingerprint density at radius 3 is 2.65 bits per heavy atom. The highest BCUT2D eigenvalue weighted by molar-refractivity contribution is 5.99. The van der Waals surface area contributed by atoms with Crippen molar-refractivity contribution in [2.45, 2.75) is 38.1 Å². The number of ether oxygens (including phenoxy) is 1. The fraction of sp³-hybridized carbons (Fsp3) is 0.476. The molecule has 2 aromatic rings. The molecule has 1 fully saturated rings. The predicted octanol–water partition coefficient (Wildman–Crippen LogP) is 2.49. The van der Waals surface area contributed by atoms with E-state index < -0.39 is 30.1 Å². The number of hydrogen-bond donors (Lipinski definition) is 0. The third-order valence-electron chi connectivity index (χ3n) is 5.68. The molecule has 0 saturated carbocycles. The van der Waals surface area contributed by atoms with Crippen LogP contribution in [0.4, 0.5) is 24.9 Å². The third kappa shape index (κ3) is 4.30. The van der Waals surface area contributed by atoms with Crippen LogP contribution in [-0.2, 0) is 11.3 Å². The summed E-state index contributed by atoms with van der Waals surface area (Å²) in [6.07, 6.45) is -4.89. The molecule has 1 saturated heterocycles. The minimum Gasteiger partial charge on any atom is -0.377 e. The van der Waals surface area contributed by atoms with Crippen LogP contribution < -0.4 is 15.4 Å². The number of aromatic nitrogens is 2. The van der Waals surface area contributed by atoms with E-state index in [1.165, 1.54) is 10.6 Å². The zero-order chi connectivity index (χ0) is 22.2. The normalized spacial score (nSPS) is 21.7. The Bertz CT molecular complexity index is 1010. The van der Waals surface area contributed by atoms with Crippen LogP contribution >= 0.6 is 0 Å². The molecule has 3 heterocycles. The van der Waals surface area contributed by atoms with E-state index in [2.05, 4.69) is 4.98 Å². The van der Waals surface area contributed by atoms with Crippen LogP contribution in [0.1, 0.15) is 23.7 Å². The second-order valence-corrected chi connectivity index (χ2v) is 7.78. The molecule has 0 aliphatic carbocycles. The summed E-state index contributed by atoms with van der Waals surface area (Å²) in [6.45, 7) is 2.60. The fourth-order valence-corrected chi connectivity index (χ4v) is 4.06. The van der Waals surface area contributed by atoms with Crippen LogP contribution in [0, 0.1) is 0 Å². The fourth-order valence-electron chi connectivity index (χ4n) is 4.06. The van der Waals surface area contributed by atoms with Gasteiger partial charge in [0.2, 0.25) is 5.95 Å². The van der Waals surface area contributed by atoms with Gasteiger partial charge < -0.3 is 14.5 Å². The number of benzene rings is 1. The van der Waals surface area contributed by atoms with Gasteiger partial charge in [0.05, 0.1) is 25.8 Å². The first-order valence-corrected chi connectivity index (χ1v) is 10.1. The van der Waals surface area contributed by atoms with Crippen molar-refractivity contribution in [2.75, 3.05) is 36.1 Å². The first-order valence-electron chi connectivity index (χ1n) is 10.1. The van der Waals surface area contributed by atoms with Crippen molar-refractivity contribution >= 4 is 17.5 Å². The largest absolute Gasteiger partial charge is 0.408 e. The van der Waals surface area contributed by atoms with Gasteiger partial charge in [-0.1, -0.05) is 30.3 Å². The van der Waals surface area contributed by atoms with Crippen molar-refractivity contribution in [3.63, 3.8) is 0 Å². The molecule has 2 atom stereocenters. The topological polar surface area (TPSA) is 67.7 Å². The highest BCUT2D eigenvalue weighted by atomic mass is 19.4. The minimum atomic E-state index is -4.57. The highest BCUT2D eigenvalue weighted by Gasteiger charge is 2.47. The molecular formula is C21H23F3N4O3. The molecule has 7 nitrogen and oxygen atoms in total. The Labute approximate surface area is 177 Å². The summed E-state index contributed by atoms with van der Waals surface area (Å²) in [5, 5.41) is 0. The molecule has 31 heavy (non-hydrogen) atoms. The monoisotopic (exact) mass is 436 g/mol. The van der Waals surface area contributed by atoms with Crippen molar-refractivity contribution in [2.24, 2.45) is 0 Å². The number of carbonyl (C=O) groups is 1. The van der Waals surface area contributed by atoms with Crippen LogP contribution in [0.15, 0.2) is 41.2 Å². The summed E-state index contributed by atoms with van der Waals surface area (Å²) in [5.74, 6) is -0.297. The van der Waals surface area contributed by atoms with E-state index in [1.807, 2.05) is 11.8 Å². The molecule has 0 N–H and O–H groups in total. The number of hydrogen-bond acceptors (Lipinski definition) is 6. The smallest absolute Gasteiger partial charge is 0.377 e. The lowest BCUT2D eigenvalue weighted by molar-refractivity contribution is -0.152. The average Bonchev–Trinajstić information content (AvgIpc) is 2.74. The van der Waals surface area contributed by atoms with Crippen molar-refractivity contribution in [3.05, 3.63) is 52.3 Å². The lowest BCUT2D eigenvalue weighted by Gasteiger charge is -2.40. The molecule has 1 aromatic carbocycles. The number of nitrogens with zero attached hydrogens (tertiary/aromatic N) is 4. The molecule has 10 heteroatoms. The first-order chi connectivity index (χ1) is 14.8. The van der Waals surface area contributed by atoms with Crippen LogP contribution in [0.5, 0.6) is 0 Å². The maximum absolute atomic E-state index is 13.9. The molecule has 166 valence electrons. The minimum absolute atomic E-state index is 0.0786.